The van der Waals surface area contributed by atoms with Crippen LogP contribution in [-0.4, -0.2) is 27.5 Å². The summed E-state index contributed by atoms with van der Waals surface area (Å²) in [6, 6.07) is 10.8. The summed E-state index contributed by atoms with van der Waals surface area (Å²) in [7, 11) is -2.27. The van der Waals surface area contributed by atoms with Crippen LogP contribution in [0.25, 0.3) is 0 Å². The zero-order valence-electron chi connectivity index (χ0n) is 14.2. The number of aryl methyl sites for hydroxylation is 1. The first-order valence-electron chi connectivity index (χ1n) is 7.55. The Labute approximate surface area is 147 Å². The largest absolute Gasteiger partial charge is 0.495 e. The second-order valence-electron chi connectivity index (χ2n) is 5.63. The summed E-state index contributed by atoms with van der Waals surface area (Å²) in [6.07, 6.45) is 0. The van der Waals surface area contributed by atoms with E-state index in [1.807, 2.05) is 25.1 Å². The maximum Gasteiger partial charge on any atom is 0.246 e. The molecule has 0 heterocycles. The predicted molar refractivity (Wildman–Crippen MR) is 97.3 cm³/mol. The van der Waals surface area contributed by atoms with E-state index >= 15 is 0 Å². The van der Waals surface area contributed by atoms with Gasteiger partial charge in [-0.3, -0.25) is 4.79 Å². The van der Waals surface area contributed by atoms with Crippen LogP contribution >= 0.6 is 0 Å². The second-order valence-corrected chi connectivity index (χ2v) is 7.19. The van der Waals surface area contributed by atoms with Gasteiger partial charge in [0, 0.05) is 5.69 Å². The van der Waals surface area contributed by atoms with Gasteiger partial charge >= 0.3 is 0 Å². The van der Waals surface area contributed by atoms with E-state index in [1.54, 1.807) is 20.1 Å². The molecule has 0 aliphatic heterocycles. The molecule has 2 aromatic rings. The number of hydrogen-bond acceptors (Lipinski definition) is 5. The van der Waals surface area contributed by atoms with E-state index in [4.69, 9.17) is 9.88 Å². The van der Waals surface area contributed by atoms with Crippen molar-refractivity contribution in [3.8, 4) is 5.75 Å². The van der Waals surface area contributed by atoms with Crippen LogP contribution in [0.5, 0.6) is 5.75 Å². The minimum Gasteiger partial charge on any atom is -0.495 e. The standard InChI is InChI=1S/C17H21N3O4S/c1-11-7-8-16(24-3)15(9-11)19-12(2)17(21)20-13-5-4-6-14(10-13)25(18,22)23/h4-10,12,19H,1-3H3,(H,20,21)(H2,18,22,23)/t12-/m1/s1. The summed E-state index contributed by atoms with van der Waals surface area (Å²) in [5, 5.41) is 10.8. The Morgan fingerprint density at radius 2 is 1.92 bits per heavy atom. The molecule has 1 amide bonds. The van der Waals surface area contributed by atoms with Crippen LogP contribution in [0.4, 0.5) is 11.4 Å². The normalized spacial score (nSPS) is 12.3. The third kappa shape index (κ3) is 4.94. The Kier molecular flexibility index (Phi) is 5.66. The van der Waals surface area contributed by atoms with Gasteiger partial charge < -0.3 is 15.4 Å². The molecule has 25 heavy (non-hydrogen) atoms. The van der Waals surface area contributed by atoms with Crippen LogP contribution in [0.1, 0.15) is 12.5 Å². The minimum atomic E-state index is -3.83. The molecule has 0 saturated heterocycles. The number of primary sulfonamides is 1. The lowest BCUT2D eigenvalue weighted by Gasteiger charge is -2.18. The number of nitrogens with two attached hydrogens (primary N) is 1. The molecule has 0 aliphatic carbocycles. The van der Waals surface area contributed by atoms with Gasteiger partial charge in [0.15, 0.2) is 0 Å². The molecule has 0 aromatic heterocycles. The summed E-state index contributed by atoms with van der Waals surface area (Å²) < 4.78 is 28.1. The van der Waals surface area contributed by atoms with Crippen molar-refractivity contribution in [2.24, 2.45) is 5.14 Å². The number of carbonyl (C=O) groups excluding carboxylic acids is 1. The van der Waals surface area contributed by atoms with Gasteiger partial charge in [0.25, 0.3) is 0 Å². The molecule has 0 saturated carbocycles. The van der Waals surface area contributed by atoms with E-state index in [1.165, 1.54) is 18.2 Å². The maximum atomic E-state index is 12.4. The van der Waals surface area contributed by atoms with Crippen molar-refractivity contribution < 1.29 is 17.9 Å². The molecule has 1 atom stereocenters. The van der Waals surface area contributed by atoms with Crippen molar-refractivity contribution in [3.63, 3.8) is 0 Å². The number of methoxy groups -OCH3 is 1. The van der Waals surface area contributed by atoms with Crippen LogP contribution in [0.2, 0.25) is 0 Å². The van der Waals surface area contributed by atoms with Crippen molar-refractivity contribution in [2.75, 3.05) is 17.7 Å². The highest BCUT2D eigenvalue weighted by molar-refractivity contribution is 7.89. The van der Waals surface area contributed by atoms with Crippen LogP contribution in [0.15, 0.2) is 47.4 Å². The van der Waals surface area contributed by atoms with E-state index in [2.05, 4.69) is 10.6 Å². The lowest BCUT2D eigenvalue weighted by Crippen LogP contribution is -2.32. The molecule has 0 spiro atoms. The van der Waals surface area contributed by atoms with E-state index in [0.717, 1.165) is 5.56 Å². The number of ether oxygens (including phenoxy) is 1. The highest BCUT2D eigenvalue weighted by Crippen LogP contribution is 2.26. The first-order chi connectivity index (χ1) is 11.7. The van der Waals surface area contributed by atoms with Gasteiger partial charge in [-0.1, -0.05) is 12.1 Å². The van der Waals surface area contributed by atoms with E-state index in [9.17, 15) is 13.2 Å². The summed E-state index contributed by atoms with van der Waals surface area (Å²) in [4.78, 5) is 12.3. The minimum absolute atomic E-state index is 0.0636. The van der Waals surface area contributed by atoms with Crippen LogP contribution in [-0.2, 0) is 14.8 Å². The number of sulfonamides is 1. The van der Waals surface area contributed by atoms with Gasteiger partial charge in [-0.2, -0.15) is 0 Å². The van der Waals surface area contributed by atoms with Crippen molar-refractivity contribution in [3.05, 3.63) is 48.0 Å². The third-order valence-electron chi connectivity index (χ3n) is 3.55. The number of rotatable bonds is 6. The quantitative estimate of drug-likeness (QED) is 0.728. The highest BCUT2D eigenvalue weighted by Gasteiger charge is 2.16. The lowest BCUT2D eigenvalue weighted by molar-refractivity contribution is -0.116. The Morgan fingerprint density at radius 3 is 2.56 bits per heavy atom. The topological polar surface area (TPSA) is 111 Å². The molecule has 134 valence electrons. The Balaban J connectivity index is 2.12. The zero-order chi connectivity index (χ0) is 18.6. The maximum absolute atomic E-state index is 12.4. The molecule has 0 aliphatic rings. The number of anilines is 2. The average molecular weight is 363 g/mol. The van der Waals surface area contributed by atoms with Crippen molar-refractivity contribution >= 4 is 27.3 Å². The Hall–Kier alpha value is -2.58. The second kappa shape index (κ2) is 7.54. The van der Waals surface area contributed by atoms with Gasteiger partial charge in [-0.25, -0.2) is 13.6 Å². The summed E-state index contributed by atoms with van der Waals surface area (Å²) >= 11 is 0. The third-order valence-corrected chi connectivity index (χ3v) is 4.46. The fourth-order valence-corrected chi connectivity index (χ4v) is 2.79. The monoisotopic (exact) mass is 363 g/mol. The SMILES string of the molecule is COc1ccc(C)cc1N[C@H](C)C(=O)Nc1cccc(S(N)(=O)=O)c1. The number of amides is 1. The first kappa shape index (κ1) is 18.8. The van der Waals surface area contributed by atoms with E-state index in [0.29, 0.717) is 17.1 Å². The summed E-state index contributed by atoms with van der Waals surface area (Å²) in [6.45, 7) is 3.63. The van der Waals surface area contributed by atoms with Crippen molar-refractivity contribution in [1.82, 2.24) is 0 Å². The van der Waals surface area contributed by atoms with E-state index in [-0.39, 0.29) is 10.8 Å². The fraction of sp³-hybridized carbons (Fsp3) is 0.235. The molecular weight excluding hydrogens is 342 g/mol. The van der Waals surface area contributed by atoms with Crippen LogP contribution in [0, 0.1) is 6.92 Å². The van der Waals surface area contributed by atoms with Gasteiger partial charge in [-0.15, -0.1) is 0 Å². The molecule has 0 radical (unpaired) electrons. The highest BCUT2D eigenvalue weighted by atomic mass is 32.2. The number of carbonyl (C=O) groups is 1. The number of nitrogens with one attached hydrogen (secondary N) is 2. The van der Waals surface area contributed by atoms with Crippen LogP contribution in [0.3, 0.4) is 0 Å². The first-order valence-corrected chi connectivity index (χ1v) is 9.10. The average Bonchev–Trinajstić information content (AvgIpc) is 2.54. The molecule has 7 nitrogen and oxygen atoms in total. The molecule has 0 fully saturated rings. The molecule has 4 N–H and O–H groups in total. The molecule has 2 aromatic carbocycles. The zero-order valence-corrected chi connectivity index (χ0v) is 15.1. The Morgan fingerprint density at radius 1 is 1.20 bits per heavy atom. The van der Waals surface area contributed by atoms with Gasteiger partial charge in [-0.05, 0) is 49.7 Å². The van der Waals surface area contributed by atoms with Gasteiger partial charge in [0.05, 0.1) is 17.7 Å². The summed E-state index contributed by atoms with van der Waals surface area (Å²) in [5.41, 5.74) is 2.07. The molecule has 0 bridgehead atoms. The lowest BCUT2D eigenvalue weighted by atomic mass is 10.2. The molecule has 8 heteroatoms. The predicted octanol–water partition coefficient (Wildman–Crippen LogP) is 2.09. The van der Waals surface area contributed by atoms with Crippen molar-refractivity contribution in [1.29, 1.82) is 0 Å². The van der Waals surface area contributed by atoms with Gasteiger partial charge in [0.1, 0.15) is 11.8 Å². The van der Waals surface area contributed by atoms with Crippen LogP contribution < -0.4 is 20.5 Å². The number of benzene rings is 2. The Bertz CT molecular complexity index is 881. The van der Waals surface area contributed by atoms with Gasteiger partial charge in [0.2, 0.25) is 15.9 Å². The molecule has 0 unspecified atom stereocenters. The smallest absolute Gasteiger partial charge is 0.246 e. The number of hydrogen-bond donors (Lipinski definition) is 3. The van der Waals surface area contributed by atoms with E-state index < -0.39 is 16.1 Å². The molecule has 2 rings (SSSR count). The van der Waals surface area contributed by atoms with Crippen molar-refractivity contribution in [2.45, 2.75) is 24.8 Å². The summed E-state index contributed by atoms with van der Waals surface area (Å²) in [5.74, 6) is 0.302. The molecular formula is C17H21N3O4S. The fourth-order valence-electron chi connectivity index (χ4n) is 2.23.